The van der Waals surface area contributed by atoms with Crippen LogP contribution >= 0.6 is 0 Å². The van der Waals surface area contributed by atoms with E-state index in [9.17, 15) is 9.59 Å². The highest BCUT2D eigenvalue weighted by atomic mass is 16.5. The molecule has 1 saturated heterocycles. The predicted molar refractivity (Wildman–Crippen MR) is 68.2 cm³/mol. The van der Waals surface area contributed by atoms with Crippen molar-refractivity contribution in [2.45, 2.75) is 18.5 Å². The maximum Gasteiger partial charge on any atom is 0.322 e. The van der Waals surface area contributed by atoms with Crippen molar-refractivity contribution in [3.05, 3.63) is 35.9 Å². The molecule has 5 nitrogen and oxygen atoms in total. The summed E-state index contributed by atoms with van der Waals surface area (Å²) in [5.41, 5.74) is 0.962. The van der Waals surface area contributed by atoms with Gasteiger partial charge in [-0.3, -0.25) is 14.9 Å². The Morgan fingerprint density at radius 3 is 2.32 bits per heavy atom. The molecule has 0 aliphatic carbocycles. The molecule has 0 saturated carbocycles. The quantitative estimate of drug-likeness (QED) is 0.826. The Balaban J connectivity index is 2.24. The lowest BCUT2D eigenvalue weighted by Crippen LogP contribution is -2.33. The molecule has 1 aromatic carbocycles. The standard InChI is InChI=1S/C14H17NO4/c1-18-13(16)10-8-11(14(17)19-2)15-12(10)9-6-4-3-5-7-9/h3-7,10-12,15H,8H2,1-2H3/t10-,11-,12-/m0/s1. The molecule has 0 bridgehead atoms. The summed E-state index contributed by atoms with van der Waals surface area (Å²) in [5, 5.41) is 3.15. The first kappa shape index (κ1) is 13.5. The topological polar surface area (TPSA) is 64.6 Å². The Morgan fingerprint density at radius 2 is 1.74 bits per heavy atom. The lowest BCUT2D eigenvalue weighted by Gasteiger charge is -2.17. The van der Waals surface area contributed by atoms with Crippen LogP contribution in [0, 0.1) is 5.92 Å². The van der Waals surface area contributed by atoms with E-state index in [0.29, 0.717) is 6.42 Å². The summed E-state index contributed by atoms with van der Waals surface area (Å²) in [4.78, 5) is 23.5. The number of methoxy groups -OCH3 is 2. The van der Waals surface area contributed by atoms with Crippen LogP contribution in [0.15, 0.2) is 30.3 Å². The average molecular weight is 263 g/mol. The molecule has 0 radical (unpaired) electrons. The van der Waals surface area contributed by atoms with Crippen LogP contribution < -0.4 is 5.32 Å². The summed E-state index contributed by atoms with van der Waals surface area (Å²) in [6.07, 6.45) is 0.388. The maximum absolute atomic E-state index is 11.8. The summed E-state index contributed by atoms with van der Waals surface area (Å²) in [6.45, 7) is 0. The SMILES string of the molecule is COC(=O)[C@@H]1C[C@H](C(=O)OC)[C@H](c2ccccc2)N1. The van der Waals surface area contributed by atoms with Crippen LogP contribution in [-0.2, 0) is 19.1 Å². The summed E-state index contributed by atoms with van der Waals surface area (Å²) in [6, 6.07) is 8.86. The van der Waals surface area contributed by atoms with Gasteiger partial charge in [-0.25, -0.2) is 0 Å². The van der Waals surface area contributed by atoms with E-state index in [-0.39, 0.29) is 23.9 Å². The molecule has 0 spiro atoms. The highest BCUT2D eigenvalue weighted by Crippen LogP contribution is 2.33. The van der Waals surface area contributed by atoms with E-state index in [2.05, 4.69) is 5.32 Å². The van der Waals surface area contributed by atoms with Crippen molar-refractivity contribution in [1.29, 1.82) is 0 Å². The number of hydrogen-bond acceptors (Lipinski definition) is 5. The Morgan fingerprint density at radius 1 is 1.11 bits per heavy atom. The van der Waals surface area contributed by atoms with Crippen molar-refractivity contribution in [3.8, 4) is 0 Å². The minimum absolute atomic E-state index is 0.224. The smallest absolute Gasteiger partial charge is 0.322 e. The van der Waals surface area contributed by atoms with Gasteiger partial charge in [0.1, 0.15) is 6.04 Å². The van der Waals surface area contributed by atoms with E-state index in [1.165, 1.54) is 14.2 Å². The zero-order valence-corrected chi connectivity index (χ0v) is 11.0. The number of ether oxygens (including phenoxy) is 2. The molecule has 1 fully saturated rings. The third-order valence-corrected chi connectivity index (χ3v) is 3.42. The molecule has 1 N–H and O–H groups in total. The molecule has 0 unspecified atom stereocenters. The van der Waals surface area contributed by atoms with Gasteiger partial charge >= 0.3 is 11.9 Å². The van der Waals surface area contributed by atoms with E-state index in [0.717, 1.165) is 5.56 Å². The van der Waals surface area contributed by atoms with Crippen molar-refractivity contribution in [1.82, 2.24) is 5.32 Å². The number of carbonyl (C=O) groups excluding carboxylic acids is 2. The van der Waals surface area contributed by atoms with Gasteiger partial charge in [0.25, 0.3) is 0 Å². The second-order valence-electron chi connectivity index (χ2n) is 4.50. The van der Waals surface area contributed by atoms with E-state index >= 15 is 0 Å². The minimum atomic E-state index is -0.473. The van der Waals surface area contributed by atoms with Crippen LogP contribution in [0.5, 0.6) is 0 Å². The molecule has 1 aliphatic rings. The second-order valence-corrected chi connectivity index (χ2v) is 4.50. The molecule has 3 atom stereocenters. The van der Waals surface area contributed by atoms with Crippen LogP contribution in [0.3, 0.4) is 0 Å². The lowest BCUT2D eigenvalue weighted by molar-refractivity contribution is -0.146. The highest BCUT2D eigenvalue weighted by molar-refractivity contribution is 5.80. The molecule has 1 heterocycles. The van der Waals surface area contributed by atoms with Crippen LogP contribution in [-0.4, -0.2) is 32.2 Å². The molecule has 5 heteroatoms. The number of nitrogens with one attached hydrogen (secondary N) is 1. The largest absolute Gasteiger partial charge is 0.469 e. The van der Waals surface area contributed by atoms with Gasteiger partial charge in [-0.05, 0) is 12.0 Å². The van der Waals surface area contributed by atoms with Gasteiger partial charge in [0.2, 0.25) is 0 Å². The summed E-state index contributed by atoms with van der Waals surface area (Å²) >= 11 is 0. The maximum atomic E-state index is 11.8. The third kappa shape index (κ3) is 2.76. The fourth-order valence-electron chi connectivity index (χ4n) is 2.47. The van der Waals surface area contributed by atoms with Crippen LogP contribution in [0.1, 0.15) is 18.0 Å². The number of carbonyl (C=O) groups is 2. The molecule has 102 valence electrons. The lowest BCUT2D eigenvalue weighted by atomic mass is 9.93. The molecule has 1 aliphatic heterocycles. The van der Waals surface area contributed by atoms with Crippen molar-refractivity contribution in [2.24, 2.45) is 5.92 Å². The first-order valence-corrected chi connectivity index (χ1v) is 6.14. The summed E-state index contributed by atoms with van der Waals surface area (Å²) in [7, 11) is 2.70. The first-order valence-electron chi connectivity index (χ1n) is 6.14. The molecule has 0 aromatic heterocycles. The van der Waals surface area contributed by atoms with Crippen molar-refractivity contribution in [2.75, 3.05) is 14.2 Å². The van der Waals surface area contributed by atoms with Gasteiger partial charge in [-0.15, -0.1) is 0 Å². The average Bonchev–Trinajstić information content (AvgIpc) is 2.91. The Hall–Kier alpha value is -1.88. The van der Waals surface area contributed by atoms with Gasteiger partial charge in [-0.1, -0.05) is 30.3 Å². The van der Waals surface area contributed by atoms with E-state index in [4.69, 9.17) is 9.47 Å². The fourth-order valence-corrected chi connectivity index (χ4v) is 2.47. The molecule has 0 amide bonds. The summed E-state index contributed by atoms with van der Waals surface area (Å²) < 4.78 is 9.54. The van der Waals surface area contributed by atoms with Crippen molar-refractivity contribution in [3.63, 3.8) is 0 Å². The van der Waals surface area contributed by atoms with Crippen molar-refractivity contribution >= 4 is 11.9 Å². The first-order chi connectivity index (χ1) is 9.17. The van der Waals surface area contributed by atoms with Gasteiger partial charge < -0.3 is 9.47 Å². The monoisotopic (exact) mass is 263 g/mol. The summed E-state index contributed by atoms with van der Waals surface area (Å²) in [5.74, 6) is -1.04. The molecular formula is C14H17NO4. The molecule has 19 heavy (non-hydrogen) atoms. The molecule has 1 aromatic rings. The zero-order valence-electron chi connectivity index (χ0n) is 11.0. The Bertz CT molecular complexity index is 460. The second kappa shape index (κ2) is 5.84. The van der Waals surface area contributed by atoms with Gasteiger partial charge in [0, 0.05) is 6.04 Å². The number of hydrogen-bond donors (Lipinski definition) is 1. The zero-order chi connectivity index (χ0) is 13.8. The normalized spacial score (nSPS) is 25.9. The fraction of sp³-hybridized carbons (Fsp3) is 0.429. The van der Waals surface area contributed by atoms with Gasteiger partial charge in [0.05, 0.1) is 20.1 Å². The molecular weight excluding hydrogens is 246 g/mol. The van der Waals surface area contributed by atoms with Crippen LogP contribution in [0.25, 0.3) is 0 Å². The van der Waals surface area contributed by atoms with Crippen LogP contribution in [0.4, 0.5) is 0 Å². The number of esters is 2. The Kier molecular flexibility index (Phi) is 4.16. The Labute approximate surface area is 111 Å². The van der Waals surface area contributed by atoms with E-state index in [1.807, 2.05) is 30.3 Å². The van der Waals surface area contributed by atoms with Crippen LogP contribution in [0.2, 0.25) is 0 Å². The minimum Gasteiger partial charge on any atom is -0.469 e. The third-order valence-electron chi connectivity index (χ3n) is 3.42. The predicted octanol–water partition coefficient (Wildman–Crippen LogP) is 1.05. The molecule has 2 rings (SSSR count). The highest BCUT2D eigenvalue weighted by Gasteiger charge is 2.42. The van der Waals surface area contributed by atoms with Crippen molar-refractivity contribution < 1.29 is 19.1 Å². The van der Waals surface area contributed by atoms with E-state index in [1.54, 1.807) is 0 Å². The van der Waals surface area contributed by atoms with Gasteiger partial charge in [-0.2, -0.15) is 0 Å². The number of rotatable bonds is 3. The number of benzene rings is 1. The van der Waals surface area contributed by atoms with E-state index < -0.39 is 6.04 Å². The van der Waals surface area contributed by atoms with Gasteiger partial charge in [0.15, 0.2) is 0 Å².